The van der Waals surface area contributed by atoms with Crippen molar-refractivity contribution in [2.75, 3.05) is 11.1 Å². The minimum atomic E-state index is -1.16. The molecule has 0 spiro atoms. The van der Waals surface area contributed by atoms with E-state index in [1.807, 2.05) is 0 Å². The van der Waals surface area contributed by atoms with Gasteiger partial charge in [-0.05, 0) is 30.3 Å². The van der Waals surface area contributed by atoms with Crippen LogP contribution in [0.1, 0.15) is 20.7 Å². The van der Waals surface area contributed by atoms with Crippen molar-refractivity contribution in [1.29, 1.82) is 0 Å². The number of carbonyl (C=O) groups is 2. The van der Waals surface area contributed by atoms with Crippen LogP contribution in [0.5, 0.6) is 0 Å². The molecule has 2 aromatic rings. The number of nitrogens with zero attached hydrogens (tertiary/aromatic N) is 1. The molecule has 0 fully saturated rings. The van der Waals surface area contributed by atoms with E-state index in [1.165, 1.54) is 42.7 Å². The average molecular weight is 257 g/mol. The minimum Gasteiger partial charge on any atom is -0.478 e. The molecule has 1 amide bonds. The number of pyridine rings is 1. The fourth-order valence-corrected chi connectivity index (χ4v) is 1.55. The molecule has 0 radical (unpaired) electrons. The molecule has 6 heteroatoms. The van der Waals surface area contributed by atoms with E-state index in [4.69, 9.17) is 10.8 Å². The normalized spacial score (nSPS) is 9.89. The zero-order valence-electron chi connectivity index (χ0n) is 9.83. The first-order valence-electron chi connectivity index (χ1n) is 5.42. The Morgan fingerprint density at radius 3 is 2.47 bits per heavy atom. The number of carboxylic acids is 1. The van der Waals surface area contributed by atoms with Crippen molar-refractivity contribution in [2.45, 2.75) is 0 Å². The minimum absolute atomic E-state index is 0.0533. The summed E-state index contributed by atoms with van der Waals surface area (Å²) in [6.07, 6.45) is 2.96. The molecule has 0 unspecified atom stereocenters. The predicted molar refractivity (Wildman–Crippen MR) is 70.0 cm³/mol. The summed E-state index contributed by atoms with van der Waals surface area (Å²) in [4.78, 5) is 26.8. The van der Waals surface area contributed by atoms with Crippen molar-refractivity contribution in [1.82, 2.24) is 4.98 Å². The van der Waals surface area contributed by atoms with Crippen molar-refractivity contribution in [3.05, 3.63) is 53.9 Å². The Morgan fingerprint density at radius 2 is 1.84 bits per heavy atom. The highest BCUT2D eigenvalue weighted by Gasteiger charge is 2.13. The van der Waals surface area contributed by atoms with Gasteiger partial charge in [0.05, 0.1) is 11.3 Å². The molecule has 0 saturated carbocycles. The number of nitrogens with two attached hydrogens (primary N) is 1. The lowest BCUT2D eigenvalue weighted by molar-refractivity contribution is 0.0698. The number of rotatable bonds is 3. The van der Waals surface area contributed by atoms with E-state index in [0.717, 1.165) is 0 Å². The largest absolute Gasteiger partial charge is 0.478 e. The second-order valence-corrected chi connectivity index (χ2v) is 3.80. The predicted octanol–water partition coefficient (Wildman–Crippen LogP) is 1.61. The van der Waals surface area contributed by atoms with Crippen molar-refractivity contribution in [2.24, 2.45) is 0 Å². The van der Waals surface area contributed by atoms with E-state index in [-0.39, 0.29) is 11.3 Å². The Morgan fingerprint density at radius 1 is 1.16 bits per heavy atom. The monoisotopic (exact) mass is 257 g/mol. The fourth-order valence-electron chi connectivity index (χ4n) is 1.55. The number of hydrogen-bond acceptors (Lipinski definition) is 4. The van der Waals surface area contributed by atoms with E-state index in [0.29, 0.717) is 11.3 Å². The summed E-state index contributed by atoms with van der Waals surface area (Å²) >= 11 is 0. The summed E-state index contributed by atoms with van der Waals surface area (Å²) in [5.41, 5.74) is 6.38. The molecule has 6 nitrogen and oxygen atoms in total. The van der Waals surface area contributed by atoms with Gasteiger partial charge in [0, 0.05) is 23.6 Å². The zero-order chi connectivity index (χ0) is 13.8. The van der Waals surface area contributed by atoms with Crippen LogP contribution in [0.25, 0.3) is 0 Å². The third-order valence-electron chi connectivity index (χ3n) is 2.46. The molecule has 0 saturated heterocycles. The highest BCUT2D eigenvalue weighted by atomic mass is 16.4. The Hall–Kier alpha value is -2.89. The molecule has 4 N–H and O–H groups in total. The maximum absolute atomic E-state index is 11.9. The van der Waals surface area contributed by atoms with Gasteiger partial charge in [-0.3, -0.25) is 9.78 Å². The standard InChI is InChI=1S/C13H11N3O3/c14-9-1-2-11(10(7-9)13(18)19)16-12(17)8-3-5-15-6-4-8/h1-7H,14H2,(H,16,17)(H,18,19). The van der Waals surface area contributed by atoms with Gasteiger partial charge in [-0.2, -0.15) is 0 Å². The first-order valence-corrected chi connectivity index (χ1v) is 5.42. The van der Waals surface area contributed by atoms with Crippen LogP contribution in [0.3, 0.4) is 0 Å². The lowest BCUT2D eigenvalue weighted by Gasteiger charge is -2.09. The van der Waals surface area contributed by atoms with E-state index in [2.05, 4.69) is 10.3 Å². The van der Waals surface area contributed by atoms with Crippen LogP contribution in [0.15, 0.2) is 42.7 Å². The quantitative estimate of drug-likeness (QED) is 0.724. The van der Waals surface area contributed by atoms with E-state index in [9.17, 15) is 9.59 Å². The molecule has 1 aromatic carbocycles. The number of carbonyl (C=O) groups excluding carboxylic acids is 1. The van der Waals surface area contributed by atoms with Crippen molar-refractivity contribution >= 4 is 23.3 Å². The number of amides is 1. The molecule has 0 aliphatic rings. The van der Waals surface area contributed by atoms with Crippen LogP contribution in [0.2, 0.25) is 0 Å². The Labute approximate surface area is 108 Å². The number of nitrogens with one attached hydrogen (secondary N) is 1. The van der Waals surface area contributed by atoms with Crippen molar-refractivity contribution in [3.63, 3.8) is 0 Å². The van der Waals surface area contributed by atoms with Gasteiger partial charge in [0.25, 0.3) is 5.91 Å². The van der Waals surface area contributed by atoms with Gasteiger partial charge in [0.1, 0.15) is 0 Å². The molecule has 1 heterocycles. The van der Waals surface area contributed by atoms with Crippen LogP contribution < -0.4 is 11.1 Å². The summed E-state index contributed by atoms with van der Waals surface area (Å²) in [5.74, 6) is -1.56. The summed E-state index contributed by atoms with van der Waals surface area (Å²) in [5, 5.41) is 11.6. The Kier molecular flexibility index (Phi) is 3.42. The second kappa shape index (κ2) is 5.18. The third-order valence-corrected chi connectivity index (χ3v) is 2.46. The first kappa shape index (κ1) is 12.6. The average Bonchev–Trinajstić information content (AvgIpc) is 2.41. The highest BCUT2D eigenvalue weighted by molar-refractivity contribution is 6.07. The van der Waals surface area contributed by atoms with Gasteiger partial charge >= 0.3 is 5.97 Å². The number of aromatic nitrogens is 1. The van der Waals surface area contributed by atoms with Gasteiger partial charge < -0.3 is 16.2 Å². The summed E-state index contributed by atoms with van der Waals surface area (Å²) < 4.78 is 0. The number of benzene rings is 1. The number of anilines is 2. The van der Waals surface area contributed by atoms with Crippen molar-refractivity contribution in [3.8, 4) is 0 Å². The number of carboxylic acid groups (broad SMARTS) is 1. The summed E-state index contributed by atoms with van der Waals surface area (Å²) in [6.45, 7) is 0. The molecule has 1 aromatic heterocycles. The van der Waals surface area contributed by atoms with Crippen LogP contribution in [0, 0.1) is 0 Å². The number of hydrogen-bond donors (Lipinski definition) is 3. The van der Waals surface area contributed by atoms with Crippen LogP contribution >= 0.6 is 0 Å². The lowest BCUT2D eigenvalue weighted by atomic mass is 10.1. The van der Waals surface area contributed by atoms with Crippen LogP contribution in [-0.4, -0.2) is 22.0 Å². The third kappa shape index (κ3) is 2.86. The van der Waals surface area contributed by atoms with E-state index < -0.39 is 11.9 Å². The second-order valence-electron chi connectivity index (χ2n) is 3.80. The van der Waals surface area contributed by atoms with E-state index >= 15 is 0 Å². The Balaban J connectivity index is 2.29. The van der Waals surface area contributed by atoms with Crippen molar-refractivity contribution < 1.29 is 14.7 Å². The molecule has 0 atom stereocenters. The highest BCUT2D eigenvalue weighted by Crippen LogP contribution is 2.19. The van der Waals surface area contributed by atoms with Gasteiger partial charge in [-0.25, -0.2) is 4.79 Å². The smallest absolute Gasteiger partial charge is 0.337 e. The molecule has 0 bridgehead atoms. The number of nitrogen functional groups attached to an aromatic ring is 1. The molecule has 19 heavy (non-hydrogen) atoms. The molecular formula is C13H11N3O3. The fraction of sp³-hybridized carbons (Fsp3) is 0. The first-order chi connectivity index (χ1) is 9.08. The van der Waals surface area contributed by atoms with Gasteiger partial charge in [0.15, 0.2) is 0 Å². The summed E-state index contributed by atoms with van der Waals surface area (Å²) in [7, 11) is 0. The van der Waals surface area contributed by atoms with Crippen LogP contribution in [-0.2, 0) is 0 Å². The molecule has 0 aliphatic carbocycles. The number of aromatic carboxylic acids is 1. The summed E-state index contributed by atoms with van der Waals surface area (Å²) in [6, 6.07) is 7.34. The molecule has 0 aliphatic heterocycles. The van der Waals surface area contributed by atoms with E-state index in [1.54, 1.807) is 0 Å². The van der Waals surface area contributed by atoms with Gasteiger partial charge in [-0.1, -0.05) is 0 Å². The molecular weight excluding hydrogens is 246 g/mol. The zero-order valence-corrected chi connectivity index (χ0v) is 9.83. The molecule has 2 rings (SSSR count). The topological polar surface area (TPSA) is 105 Å². The maximum atomic E-state index is 11.9. The van der Waals surface area contributed by atoms with Crippen LogP contribution in [0.4, 0.5) is 11.4 Å². The molecule has 96 valence electrons. The lowest BCUT2D eigenvalue weighted by Crippen LogP contribution is -2.15. The Bertz CT molecular complexity index is 626. The SMILES string of the molecule is Nc1ccc(NC(=O)c2ccncc2)c(C(=O)O)c1. The van der Waals surface area contributed by atoms with Gasteiger partial charge in [-0.15, -0.1) is 0 Å². The van der Waals surface area contributed by atoms with Gasteiger partial charge in [0.2, 0.25) is 0 Å². The maximum Gasteiger partial charge on any atom is 0.337 e.